The van der Waals surface area contributed by atoms with E-state index in [1.807, 2.05) is 23.9 Å². The number of hydrogen-bond acceptors (Lipinski definition) is 3. The molecule has 0 spiro atoms. The second-order valence-corrected chi connectivity index (χ2v) is 4.76. The van der Waals surface area contributed by atoms with Crippen LogP contribution in [0.1, 0.15) is 23.9 Å². The Balaban J connectivity index is 2.30. The summed E-state index contributed by atoms with van der Waals surface area (Å²) in [6, 6.07) is 8.35. The summed E-state index contributed by atoms with van der Waals surface area (Å²) >= 11 is 1.60. The lowest BCUT2D eigenvalue weighted by atomic mass is 10.00. The molecule has 1 aliphatic heterocycles. The van der Waals surface area contributed by atoms with Gasteiger partial charge in [-0.25, -0.2) is 0 Å². The van der Waals surface area contributed by atoms with Crippen molar-refractivity contribution in [2.75, 3.05) is 6.26 Å². The van der Waals surface area contributed by atoms with Gasteiger partial charge in [0.2, 0.25) is 0 Å². The number of rotatable bonds is 1. The van der Waals surface area contributed by atoms with Gasteiger partial charge in [0.25, 0.3) is 0 Å². The molecule has 3 rings (SSSR count). The molecule has 0 bridgehead atoms. The Hall–Kier alpha value is -1.81. The summed E-state index contributed by atoms with van der Waals surface area (Å²) in [7, 11) is 0. The zero-order valence-corrected chi connectivity index (χ0v) is 11.1. The molecular weight excluding hydrogens is 242 g/mol. The van der Waals surface area contributed by atoms with E-state index >= 15 is 0 Å². The van der Waals surface area contributed by atoms with Crippen LogP contribution in [-0.2, 0) is 0 Å². The third-order valence-corrected chi connectivity index (χ3v) is 3.67. The third-order valence-electron chi connectivity index (χ3n) is 3.03. The SMILES string of the molecule is CC=C1c2ccccc2C=Cn2c(SC)nnc21. The summed E-state index contributed by atoms with van der Waals surface area (Å²) in [5.74, 6) is 0.906. The van der Waals surface area contributed by atoms with Crippen LogP contribution in [-0.4, -0.2) is 21.0 Å². The minimum Gasteiger partial charge on any atom is -0.277 e. The topological polar surface area (TPSA) is 30.7 Å². The minimum atomic E-state index is 0.906. The highest BCUT2D eigenvalue weighted by atomic mass is 32.2. The summed E-state index contributed by atoms with van der Waals surface area (Å²) < 4.78 is 2.04. The molecule has 1 aliphatic rings. The smallest absolute Gasteiger partial charge is 0.195 e. The van der Waals surface area contributed by atoms with Gasteiger partial charge in [0.15, 0.2) is 11.0 Å². The van der Waals surface area contributed by atoms with Crippen molar-refractivity contribution in [3.8, 4) is 0 Å². The summed E-state index contributed by atoms with van der Waals surface area (Å²) in [5, 5.41) is 9.43. The van der Waals surface area contributed by atoms with E-state index in [9.17, 15) is 0 Å². The molecule has 0 atom stereocenters. The van der Waals surface area contributed by atoms with Gasteiger partial charge in [0.1, 0.15) is 0 Å². The summed E-state index contributed by atoms with van der Waals surface area (Å²) in [6.07, 6.45) is 8.25. The van der Waals surface area contributed by atoms with Crippen LogP contribution in [0.4, 0.5) is 0 Å². The maximum atomic E-state index is 4.31. The van der Waals surface area contributed by atoms with Crippen molar-refractivity contribution in [3.63, 3.8) is 0 Å². The van der Waals surface area contributed by atoms with Crippen LogP contribution < -0.4 is 0 Å². The third kappa shape index (κ3) is 1.61. The van der Waals surface area contributed by atoms with Crippen LogP contribution in [0.3, 0.4) is 0 Å². The quantitative estimate of drug-likeness (QED) is 0.624. The van der Waals surface area contributed by atoms with E-state index in [2.05, 4.69) is 46.6 Å². The second-order valence-electron chi connectivity index (χ2n) is 3.99. The fourth-order valence-electron chi connectivity index (χ4n) is 2.18. The van der Waals surface area contributed by atoms with Gasteiger partial charge >= 0.3 is 0 Å². The highest BCUT2D eigenvalue weighted by Crippen LogP contribution is 2.31. The first-order valence-corrected chi connectivity index (χ1v) is 7.01. The lowest BCUT2D eigenvalue weighted by Crippen LogP contribution is -1.97. The largest absolute Gasteiger partial charge is 0.277 e. The van der Waals surface area contributed by atoms with E-state index in [0.29, 0.717) is 0 Å². The number of thioether (sulfide) groups is 1. The van der Waals surface area contributed by atoms with E-state index in [4.69, 9.17) is 0 Å². The summed E-state index contributed by atoms with van der Waals surface area (Å²) in [4.78, 5) is 0. The molecular formula is C14H13N3S. The predicted molar refractivity (Wildman–Crippen MR) is 76.2 cm³/mol. The first-order valence-electron chi connectivity index (χ1n) is 5.78. The molecule has 18 heavy (non-hydrogen) atoms. The fraction of sp³-hybridized carbons (Fsp3) is 0.143. The van der Waals surface area contributed by atoms with E-state index in [0.717, 1.165) is 16.6 Å². The standard InChI is InChI=1S/C14H13N3S/c1-3-11-12-7-5-4-6-10(12)8-9-17-13(11)15-16-14(17)18-2/h3-9H,1-2H3. The van der Waals surface area contributed by atoms with Gasteiger partial charge in [-0.15, -0.1) is 10.2 Å². The fourth-order valence-corrected chi connectivity index (χ4v) is 2.65. The second kappa shape index (κ2) is 4.46. The van der Waals surface area contributed by atoms with Gasteiger partial charge in [0.05, 0.1) is 0 Å². The van der Waals surface area contributed by atoms with Gasteiger partial charge in [-0.1, -0.05) is 42.1 Å². The molecule has 0 aliphatic carbocycles. The van der Waals surface area contributed by atoms with Gasteiger partial charge in [-0.2, -0.15) is 0 Å². The molecule has 3 nitrogen and oxygen atoms in total. The Morgan fingerprint density at radius 1 is 1.22 bits per heavy atom. The molecule has 1 aromatic heterocycles. The van der Waals surface area contributed by atoms with Crippen LogP contribution in [0, 0.1) is 0 Å². The van der Waals surface area contributed by atoms with Crippen molar-refractivity contribution in [3.05, 3.63) is 47.3 Å². The maximum Gasteiger partial charge on any atom is 0.195 e. The molecule has 0 saturated carbocycles. The van der Waals surface area contributed by atoms with Crippen molar-refractivity contribution in [2.24, 2.45) is 0 Å². The van der Waals surface area contributed by atoms with Crippen molar-refractivity contribution >= 4 is 29.6 Å². The molecule has 0 fully saturated rings. The monoisotopic (exact) mass is 255 g/mol. The van der Waals surface area contributed by atoms with Crippen LogP contribution in [0.5, 0.6) is 0 Å². The minimum absolute atomic E-state index is 0.906. The first kappa shape index (κ1) is 11.3. The number of benzene rings is 1. The molecule has 0 N–H and O–H groups in total. The van der Waals surface area contributed by atoms with Crippen molar-refractivity contribution in [1.29, 1.82) is 0 Å². The van der Waals surface area contributed by atoms with E-state index in [-0.39, 0.29) is 0 Å². The zero-order chi connectivity index (χ0) is 12.5. The predicted octanol–water partition coefficient (Wildman–Crippen LogP) is 3.39. The Labute approximate surface area is 110 Å². The van der Waals surface area contributed by atoms with Crippen molar-refractivity contribution < 1.29 is 0 Å². The molecule has 1 aromatic carbocycles. The number of allylic oxidation sites excluding steroid dienone is 1. The highest BCUT2D eigenvalue weighted by Gasteiger charge is 2.18. The van der Waals surface area contributed by atoms with Crippen molar-refractivity contribution in [2.45, 2.75) is 12.1 Å². The molecule has 4 heteroatoms. The van der Waals surface area contributed by atoms with Crippen molar-refractivity contribution in [1.82, 2.24) is 14.8 Å². The van der Waals surface area contributed by atoms with Gasteiger partial charge < -0.3 is 0 Å². The summed E-state index contributed by atoms with van der Waals surface area (Å²) in [5.41, 5.74) is 3.54. The van der Waals surface area contributed by atoms with Gasteiger partial charge in [-0.3, -0.25) is 4.57 Å². The lowest BCUT2D eigenvalue weighted by molar-refractivity contribution is 0.922. The normalized spacial score (nSPS) is 15.3. The van der Waals surface area contributed by atoms with Crippen LogP contribution in [0.2, 0.25) is 0 Å². The number of aromatic nitrogens is 3. The Morgan fingerprint density at radius 3 is 2.83 bits per heavy atom. The molecule has 0 unspecified atom stereocenters. The maximum absolute atomic E-state index is 4.31. The number of hydrogen-bond donors (Lipinski definition) is 0. The summed E-state index contributed by atoms with van der Waals surface area (Å²) in [6.45, 7) is 2.04. The van der Waals surface area contributed by atoms with E-state index < -0.39 is 0 Å². The Morgan fingerprint density at radius 2 is 2.06 bits per heavy atom. The number of fused-ring (bicyclic) bond motifs is 2. The van der Waals surface area contributed by atoms with E-state index in [1.165, 1.54) is 11.1 Å². The average Bonchev–Trinajstić information content (AvgIpc) is 2.74. The molecule has 90 valence electrons. The van der Waals surface area contributed by atoms with Crippen LogP contribution in [0.15, 0.2) is 35.5 Å². The molecule has 0 radical (unpaired) electrons. The Bertz CT molecular complexity index is 653. The Kier molecular flexibility index (Phi) is 2.80. The molecule has 0 amide bonds. The molecule has 2 aromatic rings. The average molecular weight is 255 g/mol. The molecule has 2 heterocycles. The van der Waals surface area contributed by atoms with Gasteiger partial charge in [-0.05, 0) is 30.4 Å². The van der Waals surface area contributed by atoms with Crippen LogP contribution in [0.25, 0.3) is 17.8 Å². The highest BCUT2D eigenvalue weighted by molar-refractivity contribution is 7.98. The van der Waals surface area contributed by atoms with Gasteiger partial charge in [0, 0.05) is 11.8 Å². The molecule has 0 saturated heterocycles. The lowest BCUT2D eigenvalue weighted by Gasteiger charge is -2.07. The number of nitrogens with zero attached hydrogens (tertiary/aromatic N) is 3. The van der Waals surface area contributed by atoms with E-state index in [1.54, 1.807) is 11.8 Å². The first-order chi connectivity index (χ1) is 8.85. The van der Waals surface area contributed by atoms with Crippen LogP contribution >= 0.6 is 11.8 Å². The zero-order valence-electron chi connectivity index (χ0n) is 10.3.